The Hall–Kier alpha value is -6.52. The van der Waals surface area contributed by atoms with E-state index < -0.39 is 41.4 Å². The first-order valence-electron chi connectivity index (χ1n) is 19.1. The van der Waals surface area contributed by atoms with Crippen molar-refractivity contribution in [3.05, 3.63) is 125 Å². The van der Waals surface area contributed by atoms with Crippen molar-refractivity contribution >= 4 is 40.6 Å². The van der Waals surface area contributed by atoms with Crippen LogP contribution in [0.15, 0.2) is 97.2 Å². The van der Waals surface area contributed by atoms with Crippen LogP contribution < -0.4 is 20.1 Å². The maximum absolute atomic E-state index is 13.4. The second kappa shape index (κ2) is 16.0. The van der Waals surface area contributed by atoms with Crippen molar-refractivity contribution in [1.29, 1.82) is 0 Å². The number of piperazine rings is 1. The predicted octanol–water partition coefficient (Wildman–Crippen LogP) is 5.89. The molecule has 2 saturated heterocycles. The number of allylic oxidation sites excluding steroid dienone is 1. The van der Waals surface area contributed by atoms with Gasteiger partial charge in [0.1, 0.15) is 24.1 Å². The summed E-state index contributed by atoms with van der Waals surface area (Å²) < 4.78 is 53.4. The number of nitrogens with one attached hydrogen (secondary N) is 2. The minimum Gasteiger partial charge on any atom is -0.497 e. The standard InChI is InChI=1S/C43H40F3N7O6/c1-26-9-13-37(39(55)47-26)53-40(56)33-12-11-32(24-34(33)41(53)57)59-20-19-50-15-17-51(18-16-50)25-27-10-14-36-35(21-27)48-42(52(36)30-7-4-8-31(23-30)58-2)49-38(54)28-5-3-6-29(22-28)43(44,45)46/h3-8,10-12,14,21-24,37H,1,9,13,15-20,25H2,2H3,(H,47,55)(H,48,49,54). The molecule has 304 valence electrons. The van der Waals surface area contributed by atoms with E-state index in [9.17, 15) is 32.3 Å². The monoisotopic (exact) mass is 807 g/mol. The molecule has 3 aliphatic rings. The highest BCUT2D eigenvalue weighted by Crippen LogP contribution is 2.33. The lowest BCUT2D eigenvalue weighted by atomic mass is 10.0. The molecule has 3 aliphatic heterocycles. The average molecular weight is 808 g/mol. The lowest BCUT2D eigenvalue weighted by Gasteiger charge is -2.34. The van der Waals surface area contributed by atoms with Gasteiger partial charge in [-0.05, 0) is 79.1 Å². The Kier molecular flexibility index (Phi) is 10.7. The number of benzene rings is 4. The topological polar surface area (TPSA) is 138 Å². The number of fused-ring (bicyclic) bond motifs is 2. The molecule has 0 aliphatic carbocycles. The molecule has 16 heteroatoms. The maximum Gasteiger partial charge on any atom is 0.416 e. The van der Waals surface area contributed by atoms with E-state index in [0.717, 1.165) is 48.8 Å². The van der Waals surface area contributed by atoms with E-state index in [0.29, 0.717) is 66.5 Å². The molecule has 0 saturated carbocycles. The number of aromatic nitrogens is 2. The number of carbonyl (C=O) groups is 4. The highest BCUT2D eigenvalue weighted by Gasteiger charge is 2.44. The fourth-order valence-corrected chi connectivity index (χ4v) is 7.67. The van der Waals surface area contributed by atoms with Gasteiger partial charge < -0.3 is 14.8 Å². The number of halogens is 3. The van der Waals surface area contributed by atoms with Gasteiger partial charge in [-0.15, -0.1) is 0 Å². The Balaban J connectivity index is 0.890. The van der Waals surface area contributed by atoms with Crippen LogP contribution in [0.2, 0.25) is 0 Å². The summed E-state index contributed by atoms with van der Waals surface area (Å²) in [5.41, 5.74) is 2.88. The minimum absolute atomic E-state index is 0.144. The van der Waals surface area contributed by atoms with Gasteiger partial charge in [0, 0.05) is 56.6 Å². The molecule has 4 amide bonds. The number of carbonyl (C=O) groups excluding carboxylic acids is 4. The number of anilines is 1. The van der Waals surface area contributed by atoms with Gasteiger partial charge >= 0.3 is 6.18 Å². The van der Waals surface area contributed by atoms with Gasteiger partial charge in [-0.2, -0.15) is 13.2 Å². The van der Waals surface area contributed by atoms with E-state index in [4.69, 9.17) is 14.5 Å². The van der Waals surface area contributed by atoms with E-state index in [1.807, 2.05) is 24.3 Å². The Morgan fingerprint density at radius 1 is 0.898 bits per heavy atom. The molecule has 1 aromatic heterocycles. The fraction of sp³-hybridized carbons (Fsp3) is 0.279. The Morgan fingerprint density at radius 3 is 2.42 bits per heavy atom. The van der Waals surface area contributed by atoms with Gasteiger partial charge in [-0.1, -0.05) is 24.8 Å². The average Bonchev–Trinajstić information content (AvgIpc) is 3.70. The second-order valence-electron chi connectivity index (χ2n) is 14.6. The SMILES string of the molecule is C=C1CCC(N2C(=O)c3ccc(OCCN4CCN(Cc5ccc6c(c5)nc(NC(=O)c5cccc(C(F)(F)F)c5)n6-c5cccc(OC)c5)CC4)cc3C2=O)C(=O)N1. The van der Waals surface area contributed by atoms with Crippen molar-refractivity contribution in [2.24, 2.45) is 0 Å². The van der Waals surface area contributed by atoms with Crippen molar-refractivity contribution < 1.29 is 41.8 Å². The van der Waals surface area contributed by atoms with Crippen LogP contribution in [0.1, 0.15) is 55.0 Å². The van der Waals surface area contributed by atoms with Gasteiger partial charge in [-0.3, -0.25) is 43.8 Å². The summed E-state index contributed by atoms with van der Waals surface area (Å²) in [6, 6.07) is 21.2. The highest BCUT2D eigenvalue weighted by molar-refractivity contribution is 6.23. The van der Waals surface area contributed by atoms with Crippen LogP contribution in [0.25, 0.3) is 16.7 Å². The van der Waals surface area contributed by atoms with Crippen molar-refractivity contribution in [1.82, 2.24) is 29.6 Å². The van der Waals surface area contributed by atoms with Gasteiger partial charge in [0.25, 0.3) is 17.7 Å². The number of methoxy groups -OCH3 is 1. The van der Waals surface area contributed by atoms with Gasteiger partial charge in [0.2, 0.25) is 11.9 Å². The molecule has 4 aromatic carbocycles. The summed E-state index contributed by atoms with van der Waals surface area (Å²) in [6.07, 6.45) is -3.78. The summed E-state index contributed by atoms with van der Waals surface area (Å²) >= 11 is 0. The third kappa shape index (κ3) is 8.13. The molecule has 1 atom stereocenters. The largest absolute Gasteiger partial charge is 0.497 e. The van der Waals surface area contributed by atoms with E-state index in [1.165, 1.54) is 12.1 Å². The summed E-state index contributed by atoms with van der Waals surface area (Å²) in [4.78, 5) is 62.5. The van der Waals surface area contributed by atoms with Gasteiger partial charge in [0.05, 0.1) is 40.5 Å². The first kappa shape index (κ1) is 39.3. The zero-order valence-electron chi connectivity index (χ0n) is 32.1. The number of hydrogen-bond acceptors (Lipinski definition) is 9. The van der Waals surface area contributed by atoms with E-state index in [2.05, 4.69) is 27.0 Å². The quantitative estimate of drug-likeness (QED) is 0.157. The van der Waals surface area contributed by atoms with E-state index >= 15 is 0 Å². The molecule has 8 rings (SSSR count). The van der Waals surface area contributed by atoms with Crippen LogP contribution in [0.3, 0.4) is 0 Å². The normalized spacial score (nSPS) is 17.6. The molecular weight excluding hydrogens is 768 g/mol. The smallest absolute Gasteiger partial charge is 0.416 e. The summed E-state index contributed by atoms with van der Waals surface area (Å²) in [7, 11) is 1.54. The molecule has 0 bridgehead atoms. The lowest BCUT2D eigenvalue weighted by Crippen LogP contribution is -2.51. The molecule has 59 heavy (non-hydrogen) atoms. The highest BCUT2D eigenvalue weighted by atomic mass is 19.4. The van der Waals surface area contributed by atoms with Crippen LogP contribution in [0.4, 0.5) is 19.1 Å². The predicted molar refractivity (Wildman–Crippen MR) is 211 cm³/mol. The third-order valence-electron chi connectivity index (χ3n) is 10.8. The second-order valence-corrected chi connectivity index (χ2v) is 14.6. The van der Waals surface area contributed by atoms with Crippen LogP contribution in [0.5, 0.6) is 11.5 Å². The summed E-state index contributed by atoms with van der Waals surface area (Å²) in [5.74, 6) is -0.960. The number of hydrogen-bond donors (Lipinski definition) is 2. The number of rotatable bonds is 11. The number of piperidine rings is 1. The number of amides is 4. The first-order chi connectivity index (χ1) is 28.4. The first-order valence-corrected chi connectivity index (χ1v) is 19.1. The van der Waals surface area contributed by atoms with E-state index in [1.54, 1.807) is 48.1 Å². The van der Waals surface area contributed by atoms with Crippen LogP contribution in [-0.4, -0.2) is 100 Å². The zero-order chi connectivity index (χ0) is 41.4. The lowest BCUT2D eigenvalue weighted by molar-refractivity contribution is -0.137. The van der Waals surface area contributed by atoms with E-state index in [-0.39, 0.29) is 22.6 Å². The van der Waals surface area contributed by atoms with Gasteiger partial charge in [0.15, 0.2) is 0 Å². The molecule has 0 spiro atoms. The minimum atomic E-state index is -4.60. The molecule has 0 radical (unpaired) electrons. The molecule has 4 heterocycles. The Labute approximate surface area is 337 Å². The van der Waals surface area contributed by atoms with Crippen LogP contribution >= 0.6 is 0 Å². The fourth-order valence-electron chi connectivity index (χ4n) is 7.67. The molecule has 2 N–H and O–H groups in total. The van der Waals surface area contributed by atoms with Crippen molar-refractivity contribution in [3.63, 3.8) is 0 Å². The molecular formula is C43H40F3N7O6. The van der Waals surface area contributed by atoms with Crippen molar-refractivity contribution in [2.75, 3.05) is 51.8 Å². The number of nitrogens with zero attached hydrogens (tertiary/aromatic N) is 5. The Morgan fingerprint density at radius 2 is 1.66 bits per heavy atom. The number of imidazole rings is 1. The summed E-state index contributed by atoms with van der Waals surface area (Å²) in [6.45, 7) is 8.61. The van der Waals surface area contributed by atoms with Crippen LogP contribution in [-0.2, 0) is 17.5 Å². The maximum atomic E-state index is 13.4. The number of ether oxygens (including phenoxy) is 2. The number of alkyl halides is 3. The summed E-state index contributed by atoms with van der Waals surface area (Å²) in [5, 5.41) is 5.36. The zero-order valence-corrected chi connectivity index (χ0v) is 32.1. The Bertz CT molecular complexity index is 2490. The third-order valence-corrected chi connectivity index (χ3v) is 10.8. The van der Waals surface area contributed by atoms with Gasteiger partial charge in [-0.25, -0.2) is 4.98 Å². The molecule has 1 unspecified atom stereocenters. The molecule has 5 aromatic rings. The van der Waals surface area contributed by atoms with Crippen molar-refractivity contribution in [2.45, 2.75) is 31.6 Å². The number of imide groups is 1. The van der Waals surface area contributed by atoms with Crippen LogP contribution in [0, 0.1) is 0 Å². The molecule has 2 fully saturated rings. The molecule has 13 nitrogen and oxygen atoms in total. The van der Waals surface area contributed by atoms with Crippen molar-refractivity contribution in [3.8, 4) is 17.2 Å².